The first-order valence-electron chi connectivity index (χ1n) is 7.35. The minimum atomic E-state index is -0.938. The fourth-order valence-electron chi connectivity index (χ4n) is 2.85. The third-order valence-corrected chi connectivity index (χ3v) is 4.03. The van der Waals surface area contributed by atoms with Gasteiger partial charge < -0.3 is 14.6 Å². The summed E-state index contributed by atoms with van der Waals surface area (Å²) >= 11 is 0. The molecule has 6 heteroatoms. The molecule has 1 unspecified atom stereocenters. The molecule has 118 valence electrons. The van der Waals surface area contributed by atoms with E-state index in [1.54, 1.807) is 42.6 Å². The number of rotatable bonds is 4. The van der Waals surface area contributed by atoms with Crippen LogP contribution in [-0.4, -0.2) is 28.1 Å². The highest BCUT2D eigenvalue weighted by Gasteiger charge is 2.35. The van der Waals surface area contributed by atoms with Gasteiger partial charge in [0.2, 0.25) is 5.91 Å². The lowest BCUT2D eigenvalue weighted by Gasteiger charge is -2.17. The number of para-hydroxylation sites is 1. The SMILES string of the molecule is O=C(O)C1CN(C(=O)CCn2ccccc2=O)c2ccccc21. The lowest BCUT2D eigenvalue weighted by atomic mass is 10.0. The van der Waals surface area contributed by atoms with Crippen molar-refractivity contribution < 1.29 is 14.7 Å². The third-order valence-electron chi connectivity index (χ3n) is 4.03. The predicted molar refractivity (Wildman–Crippen MR) is 84.5 cm³/mol. The fraction of sp³-hybridized carbons (Fsp3) is 0.235. The topological polar surface area (TPSA) is 79.6 Å². The Balaban J connectivity index is 1.77. The van der Waals surface area contributed by atoms with Gasteiger partial charge in [-0.3, -0.25) is 14.4 Å². The van der Waals surface area contributed by atoms with Crippen molar-refractivity contribution in [2.45, 2.75) is 18.9 Å². The van der Waals surface area contributed by atoms with Crippen LogP contribution < -0.4 is 10.5 Å². The number of aliphatic carboxylic acids is 1. The van der Waals surface area contributed by atoms with Crippen molar-refractivity contribution >= 4 is 17.6 Å². The van der Waals surface area contributed by atoms with Crippen LogP contribution in [0.1, 0.15) is 17.9 Å². The zero-order chi connectivity index (χ0) is 16.4. The van der Waals surface area contributed by atoms with E-state index in [0.29, 0.717) is 11.3 Å². The summed E-state index contributed by atoms with van der Waals surface area (Å²) in [6.45, 7) is 0.409. The molecule has 0 aliphatic carbocycles. The first kappa shape index (κ1) is 15.0. The van der Waals surface area contributed by atoms with Crippen LogP contribution >= 0.6 is 0 Å². The van der Waals surface area contributed by atoms with Crippen LogP contribution in [0.4, 0.5) is 5.69 Å². The number of nitrogens with zero attached hydrogens (tertiary/aromatic N) is 2. The number of carboxylic acid groups (broad SMARTS) is 1. The fourth-order valence-corrected chi connectivity index (χ4v) is 2.85. The van der Waals surface area contributed by atoms with Crippen LogP contribution in [0.5, 0.6) is 0 Å². The van der Waals surface area contributed by atoms with E-state index in [-0.39, 0.29) is 31.0 Å². The summed E-state index contributed by atoms with van der Waals surface area (Å²) in [5.41, 5.74) is 1.14. The highest BCUT2D eigenvalue weighted by molar-refractivity contribution is 5.98. The van der Waals surface area contributed by atoms with E-state index in [4.69, 9.17) is 0 Å². The monoisotopic (exact) mass is 312 g/mol. The van der Waals surface area contributed by atoms with Gasteiger partial charge in [0.15, 0.2) is 0 Å². The second kappa shape index (κ2) is 6.08. The summed E-state index contributed by atoms with van der Waals surface area (Å²) in [4.78, 5) is 37.0. The molecular formula is C17H16N2O4. The van der Waals surface area contributed by atoms with Gasteiger partial charge in [0.1, 0.15) is 5.92 Å². The number of aromatic nitrogens is 1. The molecule has 0 spiro atoms. The minimum Gasteiger partial charge on any atom is -0.481 e. The molecule has 0 radical (unpaired) electrons. The lowest BCUT2D eigenvalue weighted by molar-refractivity contribution is -0.138. The number of carbonyl (C=O) groups excluding carboxylic acids is 1. The molecule has 1 N–H and O–H groups in total. The molecule has 1 aliphatic heterocycles. The average Bonchev–Trinajstić information content (AvgIpc) is 2.94. The zero-order valence-electron chi connectivity index (χ0n) is 12.4. The molecule has 2 aromatic rings. The Morgan fingerprint density at radius 1 is 1.13 bits per heavy atom. The quantitative estimate of drug-likeness (QED) is 0.927. The predicted octanol–water partition coefficient (Wildman–Crippen LogP) is 1.45. The Kier molecular flexibility index (Phi) is 3.97. The molecule has 6 nitrogen and oxygen atoms in total. The zero-order valence-corrected chi connectivity index (χ0v) is 12.4. The maximum Gasteiger partial charge on any atom is 0.312 e. The van der Waals surface area contributed by atoms with Crippen molar-refractivity contribution in [3.8, 4) is 0 Å². The number of carbonyl (C=O) groups is 2. The van der Waals surface area contributed by atoms with Gasteiger partial charge in [-0.1, -0.05) is 24.3 Å². The number of carboxylic acids is 1. The molecular weight excluding hydrogens is 296 g/mol. The second-order valence-corrected chi connectivity index (χ2v) is 5.44. The van der Waals surface area contributed by atoms with Gasteiger partial charge in [0.05, 0.1) is 0 Å². The van der Waals surface area contributed by atoms with Gasteiger partial charge in [-0.15, -0.1) is 0 Å². The summed E-state index contributed by atoms with van der Waals surface area (Å²) in [5.74, 6) is -1.82. The third kappa shape index (κ3) is 2.88. The molecule has 1 aromatic heterocycles. The number of fused-ring (bicyclic) bond motifs is 1. The van der Waals surface area contributed by atoms with Crippen LogP contribution in [0.25, 0.3) is 0 Å². The molecule has 0 fully saturated rings. The van der Waals surface area contributed by atoms with Crippen molar-refractivity contribution in [3.05, 3.63) is 64.6 Å². The second-order valence-electron chi connectivity index (χ2n) is 5.44. The number of benzene rings is 1. The van der Waals surface area contributed by atoms with Crippen molar-refractivity contribution in [2.24, 2.45) is 0 Å². The highest BCUT2D eigenvalue weighted by Crippen LogP contribution is 2.36. The Bertz CT molecular complexity index is 812. The first-order valence-corrected chi connectivity index (χ1v) is 7.35. The largest absolute Gasteiger partial charge is 0.481 e. The Morgan fingerprint density at radius 2 is 1.87 bits per heavy atom. The van der Waals surface area contributed by atoms with Gasteiger partial charge in [-0.2, -0.15) is 0 Å². The van der Waals surface area contributed by atoms with Crippen molar-refractivity contribution in [1.82, 2.24) is 4.57 Å². The number of anilines is 1. The molecule has 3 rings (SSSR count). The van der Waals surface area contributed by atoms with E-state index in [1.807, 2.05) is 0 Å². The standard InChI is InChI=1S/C17H16N2O4/c20-15-7-3-4-9-18(15)10-8-16(21)19-11-13(17(22)23)12-5-1-2-6-14(12)19/h1-7,9,13H,8,10-11H2,(H,22,23). The first-order chi connectivity index (χ1) is 11.1. The number of hydrogen-bond acceptors (Lipinski definition) is 3. The van der Waals surface area contributed by atoms with E-state index >= 15 is 0 Å². The summed E-state index contributed by atoms with van der Waals surface area (Å²) in [6.07, 6.45) is 1.78. The molecule has 0 bridgehead atoms. The van der Waals surface area contributed by atoms with E-state index < -0.39 is 11.9 Å². The molecule has 1 amide bonds. The van der Waals surface area contributed by atoms with Gasteiger partial charge in [-0.05, 0) is 17.7 Å². The van der Waals surface area contributed by atoms with Crippen LogP contribution in [0.3, 0.4) is 0 Å². The molecule has 1 aromatic carbocycles. The molecule has 23 heavy (non-hydrogen) atoms. The maximum atomic E-state index is 12.5. The van der Waals surface area contributed by atoms with Crippen LogP contribution in [-0.2, 0) is 16.1 Å². The Labute approximate surface area is 132 Å². The van der Waals surface area contributed by atoms with Gasteiger partial charge in [0.25, 0.3) is 5.56 Å². The molecule has 1 atom stereocenters. The van der Waals surface area contributed by atoms with E-state index in [1.165, 1.54) is 15.5 Å². The van der Waals surface area contributed by atoms with Crippen LogP contribution in [0.15, 0.2) is 53.5 Å². The lowest BCUT2D eigenvalue weighted by Crippen LogP contribution is -2.32. The average molecular weight is 312 g/mol. The Hall–Kier alpha value is -2.89. The van der Waals surface area contributed by atoms with E-state index in [9.17, 15) is 19.5 Å². The number of hydrogen-bond donors (Lipinski definition) is 1. The normalized spacial score (nSPS) is 16.2. The molecule has 2 heterocycles. The van der Waals surface area contributed by atoms with Gasteiger partial charge in [-0.25, -0.2) is 0 Å². The Morgan fingerprint density at radius 3 is 2.61 bits per heavy atom. The van der Waals surface area contributed by atoms with Crippen molar-refractivity contribution in [3.63, 3.8) is 0 Å². The summed E-state index contributed by atoms with van der Waals surface area (Å²) < 4.78 is 1.47. The van der Waals surface area contributed by atoms with Crippen molar-refractivity contribution in [2.75, 3.05) is 11.4 Å². The number of amides is 1. The summed E-state index contributed by atoms with van der Waals surface area (Å²) in [6, 6.07) is 11.9. The minimum absolute atomic E-state index is 0.136. The maximum absolute atomic E-state index is 12.5. The summed E-state index contributed by atoms with van der Waals surface area (Å²) in [5, 5.41) is 9.32. The smallest absolute Gasteiger partial charge is 0.312 e. The van der Waals surface area contributed by atoms with E-state index in [0.717, 1.165) is 0 Å². The van der Waals surface area contributed by atoms with Gasteiger partial charge >= 0.3 is 5.97 Å². The molecule has 0 saturated carbocycles. The van der Waals surface area contributed by atoms with Gasteiger partial charge in [0, 0.05) is 37.5 Å². The van der Waals surface area contributed by atoms with Crippen LogP contribution in [0.2, 0.25) is 0 Å². The van der Waals surface area contributed by atoms with E-state index in [2.05, 4.69) is 0 Å². The highest BCUT2D eigenvalue weighted by atomic mass is 16.4. The molecule has 0 saturated heterocycles. The number of pyridine rings is 1. The van der Waals surface area contributed by atoms with Crippen LogP contribution in [0, 0.1) is 0 Å². The summed E-state index contributed by atoms with van der Waals surface area (Å²) in [7, 11) is 0. The number of aryl methyl sites for hydroxylation is 1. The molecule has 1 aliphatic rings. The van der Waals surface area contributed by atoms with Crippen molar-refractivity contribution in [1.29, 1.82) is 0 Å².